The number of carbonyl (C=O) groups excluding carboxylic acids is 1. The molecule has 0 bridgehead atoms. The molecule has 2 amide bonds. The van der Waals surface area contributed by atoms with Gasteiger partial charge in [0.2, 0.25) is 0 Å². The number of rotatable bonds is 5. The van der Waals surface area contributed by atoms with Crippen LogP contribution in [0.1, 0.15) is 30.6 Å². The third kappa shape index (κ3) is 5.18. The number of benzene rings is 1. The molecule has 0 atom stereocenters. The first kappa shape index (κ1) is 15.3. The van der Waals surface area contributed by atoms with E-state index in [1.165, 1.54) is 18.2 Å². The fraction of sp³-hybridized carbons (Fsp3) is 0.385. The minimum absolute atomic E-state index is 0.00316. The van der Waals surface area contributed by atoms with E-state index < -0.39 is 12.0 Å². The molecule has 5 nitrogen and oxygen atoms in total. The highest BCUT2D eigenvalue weighted by Crippen LogP contribution is 2.21. The second kappa shape index (κ2) is 6.99. The van der Waals surface area contributed by atoms with Crippen molar-refractivity contribution in [3.8, 4) is 0 Å². The number of urea groups is 1. The number of aromatic carboxylic acids is 1. The molecule has 1 rings (SSSR count). The van der Waals surface area contributed by atoms with Gasteiger partial charge in [0.15, 0.2) is 0 Å². The van der Waals surface area contributed by atoms with Crippen LogP contribution in [-0.4, -0.2) is 23.7 Å². The summed E-state index contributed by atoms with van der Waals surface area (Å²) in [5.41, 5.74) is 0.186. The molecule has 0 aliphatic heterocycles. The Morgan fingerprint density at radius 3 is 2.63 bits per heavy atom. The third-order valence-corrected chi connectivity index (χ3v) is 2.70. The molecule has 0 aliphatic carbocycles. The minimum Gasteiger partial charge on any atom is -0.478 e. The predicted octanol–water partition coefficient (Wildman–Crippen LogP) is 3.21. The Bertz CT molecular complexity index is 475. The molecule has 0 heterocycles. The van der Waals surface area contributed by atoms with Gasteiger partial charge in [-0.15, -0.1) is 0 Å². The molecule has 0 fully saturated rings. The van der Waals surface area contributed by atoms with Gasteiger partial charge in [-0.3, -0.25) is 0 Å². The van der Waals surface area contributed by atoms with Crippen molar-refractivity contribution in [2.24, 2.45) is 5.92 Å². The van der Waals surface area contributed by atoms with Gasteiger partial charge in [-0.2, -0.15) is 0 Å². The molecule has 0 radical (unpaired) electrons. The Morgan fingerprint density at radius 1 is 1.37 bits per heavy atom. The Morgan fingerprint density at radius 2 is 2.05 bits per heavy atom. The maximum Gasteiger partial charge on any atom is 0.337 e. The number of nitrogens with one attached hydrogen (secondary N) is 2. The number of carbonyl (C=O) groups is 2. The van der Waals surface area contributed by atoms with E-state index in [9.17, 15) is 9.59 Å². The average Bonchev–Trinajstić information content (AvgIpc) is 2.27. The highest BCUT2D eigenvalue weighted by Gasteiger charge is 2.12. The number of carboxylic acids is 1. The van der Waals surface area contributed by atoms with Gasteiger partial charge in [-0.05, 0) is 30.5 Å². The van der Waals surface area contributed by atoms with Crippen LogP contribution in [0, 0.1) is 5.92 Å². The van der Waals surface area contributed by atoms with Gasteiger partial charge in [0.05, 0.1) is 11.3 Å². The van der Waals surface area contributed by atoms with Crippen LogP contribution < -0.4 is 10.6 Å². The molecule has 1 aromatic carbocycles. The van der Waals surface area contributed by atoms with Crippen molar-refractivity contribution in [3.05, 3.63) is 28.8 Å². The van der Waals surface area contributed by atoms with Gasteiger partial charge in [0.25, 0.3) is 0 Å². The number of amides is 2. The molecular formula is C13H17ClN2O3. The van der Waals surface area contributed by atoms with Gasteiger partial charge in [0, 0.05) is 11.6 Å². The molecule has 0 aromatic heterocycles. The SMILES string of the molecule is CC(C)CCNC(=O)Nc1cc(Cl)ccc1C(=O)O. The molecule has 0 aliphatic rings. The summed E-state index contributed by atoms with van der Waals surface area (Å²) in [6, 6.07) is 3.79. The minimum atomic E-state index is -1.12. The van der Waals surface area contributed by atoms with Gasteiger partial charge < -0.3 is 15.7 Å². The van der Waals surface area contributed by atoms with Crippen LogP contribution in [-0.2, 0) is 0 Å². The second-order valence-electron chi connectivity index (χ2n) is 4.56. The molecule has 0 saturated heterocycles. The van der Waals surface area contributed by atoms with Gasteiger partial charge in [-0.1, -0.05) is 25.4 Å². The molecule has 104 valence electrons. The molecule has 0 spiro atoms. The van der Waals surface area contributed by atoms with E-state index >= 15 is 0 Å². The van der Waals surface area contributed by atoms with Crippen LogP contribution in [0.5, 0.6) is 0 Å². The summed E-state index contributed by atoms with van der Waals surface area (Å²) >= 11 is 5.79. The highest BCUT2D eigenvalue weighted by molar-refractivity contribution is 6.31. The number of hydrogen-bond donors (Lipinski definition) is 3. The first-order valence-corrected chi connectivity index (χ1v) is 6.35. The lowest BCUT2D eigenvalue weighted by Gasteiger charge is -2.11. The van der Waals surface area contributed by atoms with Crippen molar-refractivity contribution < 1.29 is 14.7 Å². The summed E-state index contributed by atoms with van der Waals surface area (Å²) in [5.74, 6) is -0.629. The summed E-state index contributed by atoms with van der Waals surface area (Å²) in [7, 11) is 0. The zero-order chi connectivity index (χ0) is 14.4. The standard InChI is InChI=1S/C13H17ClN2O3/c1-8(2)5-6-15-13(19)16-11-7-9(14)3-4-10(11)12(17)18/h3-4,7-8H,5-6H2,1-2H3,(H,17,18)(H2,15,16,19). The number of halogens is 1. The average molecular weight is 285 g/mol. The van der Waals surface area contributed by atoms with Crippen molar-refractivity contribution in [3.63, 3.8) is 0 Å². The number of carboxylic acid groups (broad SMARTS) is 1. The van der Waals surface area contributed by atoms with Crippen LogP contribution in [0.25, 0.3) is 0 Å². The molecule has 1 aromatic rings. The van der Waals surface area contributed by atoms with Crippen molar-refractivity contribution in [1.29, 1.82) is 0 Å². The smallest absolute Gasteiger partial charge is 0.337 e. The zero-order valence-electron chi connectivity index (χ0n) is 10.9. The fourth-order valence-electron chi connectivity index (χ4n) is 1.45. The highest BCUT2D eigenvalue weighted by atomic mass is 35.5. The second-order valence-corrected chi connectivity index (χ2v) is 4.99. The first-order chi connectivity index (χ1) is 8.90. The van der Waals surface area contributed by atoms with E-state index in [2.05, 4.69) is 24.5 Å². The van der Waals surface area contributed by atoms with E-state index in [0.717, 1.165) is 6.42 Å². The van der Waals surface area contributed by atoms with Crippen LogP contribution in [0.3, 0.4) is 0 Å². The Hall–Kier alpha value is -1.75. The van der Waals surface area contributed by atoms with Crippen molar-refractivity contribution in [2.75, 3.05) is 11.9 Å². The Kier molecular flexibility index (Phi) is 5.63. The summed E-state index contributed by atoms with van der Waals surface area (Å²) in [5, 5.41) is 14.5. The fourth-order valence-corrected chi connectivity index (χ4v) is 1.62. The predicted molar refractivity (Wildman–Crippen MR) is 74.9 cm³/mol. The Balaban J connectivity index is 2.67. The summed E-state index contributed by atoms with van der Waals surface area (Å²) in [6.45, 7) is 4.64. The number of anilines is 1. The normalized spacial score (nSPS) is 10.3. The molecule has 0 saturated carbocycles. The van der Waals surface area contributed by atoms with Crippen molar-refractivity contribution in [2.45, 2.75) is 20.3 Å². The molecule has 6 heteroatoms. The summed E-state index contributed by atoms with van der Waals surface area (Å²) in [4.78, 5) is 22.6. The lowest BCUT2D eigenvalue weighted by molar-refractivity contribution is 0.0698. The lowest BCUT2D eigenvalue weighted by Crippen LogP contribution is -2.30. The lowest BCUT2D eigenvalue weighted by atomic mass is 10.1. The van der Waals surface area contributed by atoms with Crippen LogP contribution >= 0.6 is 11.6 Å². The van der Waals surface area contributed by atoms with E-state index in [0.29, 0.717) is 17.5 Å². The van der Waals surface area contributed by atoms with Crippen molar-refractivity contribution in [1.82, 2.24) is 5.32 Å². The van der Waals surface area contributed by atoms with E-state index in [4.69, 9.17) is 16.7 Å². The van der Waals surface area contributed by atoms with Crippen molar-refractivity contribution >= 4 is 29.3 Å². The Labute approximate surface area is 117 Å². The molecule has 0 unspecified atom stereocenters. The maximum atomic E-state index is 11.6. The van der Waals surface area contributed by atoms with Crippen LogP contribution in [0.4, 0.5) is 10.5 Å². The van der Waals surface area contributed by atoms with Gasteiger partial charge in [0.1, 0.15) is 0 Å². The van der Waals surface area contributed by atoms with E-state index in [1.807, 2.05) is 0 Å². The largest absolute Gasteiger partial charge is 0.478 e. The first-order valence-electron chi connectivity index (χ1n) is 5.98. The molecule has 3 N–H and O–H groups in total. The van der Waals surface area contributed by atoms with E-state index in [-0.39, 0.29) is 11.3 Å². The number of hydrogen-bond acceptors (Lipinski definition) is 2. The van der Waals surface area contributed by atoms with Crippen LogP contribution in [0.15, 0.2) is 18.2 Å². The zero-order valence-corrected chi connectivity index (χ0v) is 11.6. The maximum absolute atomic E-state index is 11.6. The summed E-state index contributed by atoms with van der Waals surface area (Å²) in [6.07, 6.45) is 0.856. The monoisotopic (exact) mass is 284 g/mol. The van der Waals surface area contributed by atoms with Crippen LogP contribution in [0.2, 0.25) is 5.02 Å². The summed E-state index contributed by atoms with van der Waals surface area (Å²) < 4.78 is 0. The van der Waals surface area contributed by atoms with E-state index in [1.54, 1.807) is 0 Å². The van der Waals surface area contributed by atoms with Gasteiger partial charge >= 0.3 is 12.0 Å². The molecule has 19 heavy (non-hydrogen) atoms. The quantitative estimate of drug-likeness (QED) is 0.777. The molecular weight excluding hydrogens is 268 g/mol. The third-order valence-electron chi connectivity index (χ3n) is 2.47. The topological polar surface area (TPSA) is 78.4 Å². The van der Waals surface area contributed by atoms with Gasteiger partial charge in [-0.25, -0.2) is 9.59 Å².